The van der Waals surface area contributed by atoms with Crippen molar-refractivity contribution in [1.82, 2.24) is 16.0 Å². The third-order valence-corrected chi connectivity index (χ3v) is 5.02. The lowest BCUT2D eigenvalue weighted by atomic mass is 10.1. The van der Waals surface area contributed by atoms with Crippen molar-refractivity contribution < 1.29 is 44.1 Å². The number of hydrogen-bond acceptors (Lipinski definition) is 9. The molecule has 0 aromatic rings. The van der Waals surface area contributed by atoms with Gasteiger partial charge in [0.2, 0.25) is 23.6 Å². The first-order valence-electron chi connectivity index (χ1n) is 9.86. The van der Waals surface area contributed by atoms with Gasteiger partial charge >= 0.3 is 11.9 Å². The molecule has 0 saturated heterocycles. The molecule has 0 rings (SSSR count). The Bertz CT molecular complexity index is 734. The van der Waals surface area contributed by atoms with Crippen molar-refractivity contribution in [3.63, 3.8) is 0 Å². The van der Waals surface area contributed by atoms with E-state index in [1.165, 1.54) is 18.7 Å². The molecule has 0 bridgehead atoms. The molecule has 0 aliphatic carbocycles. The third kappa shape index (κ3) is 12.1. The van der Waals surface area contributed by atoms with E-state index in [4.69, 9.17) is 16.6 Å². The predicted molar refractivity (Wildman–Crippen MR) is 117 cm³/mol. The molecule has 0 fully saturated rings. The fraction of sp³-hybridized carbons (Fsp3) is 0.667. The number of rotatable bonds is 16. The highest BCUT2D eigenvalue weighted by atomic mass is 32.2. The van der Waals surface area contributed by atoms with Gasteiger partial charge < -0.3 is 42.7 Å². The number of aliphatic carboxylic acids is 2. The Labute approximate surface area is 194 Å². The second-order valence-corrected chi connectivity index (χ2v) is 8.16. The highest BCUT2D eigenvalue weighted by Crippen LogP contribution is 2.05. The van der Waals surface area contributed by atoms with E-state index in [0.29, 0.717) is 5.75 Å². The second kappa shape index (κ2) is 15.0. The van der Waals surface area contributed by atoms with E-state index in [1.807, 2.05) is 0 Å². The molecule has 0 aliphatic heterocycles. The van der Waals surface area contributed by atoms with Crippen molar-refractivity contribution in [2.75, 3.05) is 12.0 Å². The van der Waals surface area contributed by atoms with E-state index in [-0.39, 0.29) is 19.3 Å². The minimum absolute atomic E-state index is 0.100. The Balaban J connectivity index is 5.49. The van der Waals surface area contributed by atoms with Gasteiger partial charge in [-0.3, -0.25) is 24.0 Å². The van der Waals surface area contributed by atoms with Crippen molar-refractivity contribution in [3.05, 3.63) is 0 Å². The van der Waals surface area contributed by atoms with Gasteiger partial charge in [0.1, 0.15) is 24.2 Å². The highest BCUT2D eigenvalue weighted by molar-refractivity contribution is 7.98. The van der Waals surface area contributed by atoms with Crippen LogP contribution in [0.25, 0.3) is 0 Å². The number of nitrogens with one attached hydrogen (secondary N) is 3. The molecule has 5 unspecified atom stereocenters. The van der Waals surface area contributed by atoms with Gasteiger partial charge in [-0.25, -0.2) is 4.79 Å². The van der Waals surface area contributed by atoms with Crippen LogP contribution < -0.4 is 27.4 Å². The summed E-state index contributed by atoms with van der Waals surface area (Å²) in [5.74, 6) is -6.18. The average Bonchev–Trinajstić information content (AvgIpc) is 2.71. The number of aliphatic hydroxyl groups excluding tert-OH is 1. The van der Waals surface area contributed by atoms with Crippen LogP contribution in [-0.2, 0) is 28.8 Å². The monoisotopic (exact) mass is 493 g/mol. The first-order valence-corrected chi connectivity index (χ1v) is 11.3. The number of thioether (sulfide) groups is 1. The number of amides is 4. The SMILES string of the molecule is CSCCC(NC(=O)C(N)C(C)O)C(=O)NC(CC(=O)O)C(=O)NC(CCC(N)=O)C(=O)O. The molecule has 4 amide bonds. The van der Waals surface area contributed by atoms with Crippen LogP contribution in [0.3, 0.4) is 0 Å². The number of carbonyl (C=O) groups is 6. The number of nitrogens with two attached hydrogens (primary N) is 2. The average molecular weight is 494 g/mol. The van der Waals surface area contributed by atoms with Crippen LogP contribution in [0.5, 0.6) is 0 Å². The van der Waals surface area contributed by atoms with Gasteiger partial charge in [0.25, 0.3) is 0 Å². The van der Waals surface area contributed by atoms with Crippen LogP contribution in [0.2, 0.25) is 0 Å². The first-order chi connectivity index (χ1) is 15.3. The summed E-state index contributed by atoms with van der Waals surface area (Å²) in [6, 6.07) is -5.75. The van der Waals surface area contributed by atoms with E-state index in [2.05, 4.69) is 16.0 Å². The summed E-state index contributed by atoms with van der Waals surface area (Å²) < 4.78 is 0. The van der Waals surface area contributed by atoms with Crippen LogP contribution in [-0.4, -0.2) is 93.2 Å². The standard InChI is InChI=1S/C18H31N5O9S/c1-8(24)14(20)17(30)21-9(5-6-33-2)15(28)23-11(7-13(26)27)16(29)22-10(18(31)32)3-4-12(19)25/h8-11,14,24H,3-7,20H2,1-2H3,(H2,19,25)(H,21,30)(H,22,29)(H,23,28)(H,26,27)(H,31,32). The second-order valence-electron chi connectivity index (χ2n) is 7.17. The lowest BCUT2D eigenvalue weighted by molar-refractivity contribution is -0.144. The van der Waals surface area contributed by atoms with E-state index in [0.717, 1.165) is 0 Å². The summed E-state index contributed by atoms with van der Waals surface area (Å²) in [6.45, 7) is 1.28. The molecule has 0 aromatic carbocycles. The summed E-state index contributed by atoms with van der Waals surface area (Å²) >= 11 is 1.36. The number of carboxylic acid groups (broad SMARTS) is 2. The van der Waals surface area contributed by atoms with Gasteiger partial charge in [0.15, 0.2) is 0 Å². The summed E-state index contributed by atoms with van der Waals surface area (Å²) in [4.78, 5) is 70.8. The molecule has 10 N–H and O–H groups in total. The molecule has 0 aliphatic rings. The number of hydrogen-bond donors (Lipinski definition) is 8. The fourth-order valence-corrected chi connectivity index (χ4v) is 2.94. The smallest absolute Gasteiger partial charge is 0.326 e. The molecule has 15 heteroatoms. The molecular formula is C18H31N5O9S. The maximum Gasteiger partial charge on any atom is 0.326 e. The molecule has 33 heavy (non-hydrogen) atoms. The Morgan fingerprint density at radius 2 is 1.39 bits per heavy atom. The zero-order chi connectivity index (χ0) is 25.7. The van der Waals surface area contributed by atoms with Crippen LogP contribution in [0.15, 0.2) is 0 Å². The fourth-order valence-electron chi connectivity index (χ4n) is 2.46. The minimum atomic E-state index is -1.68. The number of primary amides is 1. The Hall–Kier alpha value is -2.91. The quantitative estimate of drug-likeness (QED) is 0.106. The van der Waals surface area contributed by atoms with Gasteiger partial charge in [0, 0.05) is 6.42 Å². The molecule has 188 valence electrons. The van der Waals surface area contributed by atoms with E-state index in [1.54, 1.807) is 6.26 Å². The topological polar surface area (TPSA) is 251 Å². The molecule has 0 radical (unpaired) electrons. The van der Waals surface area contributed by atoms with Gasteiger partial charge in [-0.1, -0.05) is 0 Å². The van der Waals surface area contributed by atoms with E-state index < -0.39 is 72.3 Å². The highest BCUT2D eigenvalue weighted by Gasteiger charge is 2.32. The lowest BCUT2D eigenvalue weighted by Gasteiger charge is -2.25. The first kappa shape index (κ1) is 30.1. The maximum absolute atomic E-state index is 12.7. The number of carboxylic acids is 2. The maximum atomic E-state index is 12.7. The number of carbonyl (C=O) groups excluding carboxylic acids is 4. The van der Waals surface area contributed by atoms with Crippen molar-refractivity contribution in [2.24, 2.45) is 11.5 Å². The number of aliphatic hydroxyl groups is 1. The normalized spacial score (nSPS) is 15.3. The van der Waals surface area contributed by atoms with Gasteiger partial charge in [-0.05, 0) is 31.8 Å². The Morgan fingerprint density at radius 3 is 1.85 bits per heavy atom. The van der Waals surface area contributed by atoms with Crippen molar-refractivity contribution in [3.8, 4) is 0 Å². The zero-order valence-corrected chi connectivity index (χ0v) is 19.1. The Kier molecular flexibility index (Phi) is 13.7. The zero-order valence-electron chi connectivity index (χ0n) is 18.3. The van der Waals surface area contributed by atoms with Crippen LogP contribution in [0.1, 0.15) is 32.6 Å². The van der Waals surface area contributed by atoms with Crippen molar-refractivity contribution in [1.29, 1.82) is 0 Å². The molecule has 0 saturated carbocycles. The van der Waals surface area contributed by atoms with Gasteiger partial charge in [0.05, 0.1) is 12.5 Å². The largest absolute Gasteiger partial charge is 0.481 e. The summed E-state index contributed by atoms with van der Waals surface area (Å²) in [7, 11) is 0. The van der Waals surface area contributed by atoms with Crippen molar-refractivity contribution >= 4 is 47.3 Å². The molecule has 5 atom stereocenters. The van der Waals surface area contributed by atoms with E-state index in [9.17, 15) is 39.0 Å². The molecule has 14 nitrogen and oxygen atoms in total. The molecular weight excluding hydrogens is 462 g/mol. The van der Waals surface area contributed by atoms with Crippen LogP contribution in [0, 0.1) is 0 Å². The Morgan fingerprint density at radius 1 is 0.879 bits per heavy atom. The van der Waals surface area contributed by atoms with Crippen LogP contribution >= 0.6 is 11.8 Å². The van der Waals surface area contributed by atoms with E-state index >= 15 is 0 Å². The minimum Gasteiger partial charge on any atom is -0.481 e. The molecule has 0 heterocycles. The van der Waals surface area contributed by atoms with Crippen molar-refractivity contribution in [2.45, 2.75) is 62.9 Å². The summed E-state index contributed by atoms with van der Waals surface area (Å²) in [5.41, 5.74) is 10.5. The van der Waals surface area contributed by atoms with Crippen LogP contribution in [0.4, 0.5) is 0 Å². The van der Waals surface area contributed by atoms with Gasteiger partial charge in [-0.15, -0.1) is 0 Å². The molecule has 0 spiro atoms. The lowest BCUT2D eigenvalue weighted by Crippen LogP contribution is -2.58. The summed E-state index contributed by atoms with van der Waals surface area (Å²) in [6.07, 6.45) is -0.919. The molecule has 0 aromatic heterocycles. The third-order valence-electron chi connectivity index (χ3n) is 4.37. The van der Waals surface area contributed by atoms with Gasteiger partial charge in [-0.2, -0.15) is 11.8 Å². The predicted octanol–water partition coefficient (Wildman–Crippen LogP) is -3.27. The summed E-state index contributed by atoms with van der Waals surface area (Å²) in [5, 5.41) is 34.4.